The van der Waals surface area contributed by atoms with Crippen molar-refractivity contribution in [2.75, 3.05) is 0 Å². The van der Waals surface area contributed by atoms with E-state index in [4.69, 9.17) is 0 Å². The summed E-state index contributed by atoms with van der Waals surface area (Å²) < 4.78 is 2.29. The second-order valence-electron chi connectivity index (χ2n) is 4.80. The highest BCUT2D eigenvalue weighted by molar-refractivity contribution is 5.83. The lowest BCUT2D eigenvalue weighted by atomic mass is 10.1. The molecule has 0 saturated heterocycles. The fourth-order valence-corrected chi connectivity index (χ4v) is 2.40. The Bertz CT molecular complexity index is 710. The lowest BCUT2D eigenvalue weighted by Crippen LogP contribution is -1.95. The summed E-state index contributed by atoms with van der Waals surface area (Å²) in [7, 11) is 0. The Morgan fingerprint density at radius 3 is 2.89 bits per heavy atom. The fourth-order valence-electron chi connectivity index (χ4n) is 2.40. The third-order valence-electron chi connectivity index (χ3n) is 3.47. The zero-order valence-corrected chi connectivity index (χ0v) is 9.95. The average Bonchev–Trinajstić information content (AvgIpc) is 3.16. The van der Waals surface area contributed by atoms with Crippen LogP contribution in [0.15, 0.2) is 48.9 Å². The highest BCUT2D eigenvalue weighted by atomic mass is 15.1. The molecule has 1 aromatic carbocycles. The van der Waals surface area contributed by atoms with E-state index in [9.17, 15) is 0 Å². The van der Waals surface area contributed by atoms with Crippen molar-refractivity contribution in [3.63, 3.8) is 0 Å². The molecule has 0 spiro atoms. The molecule has 0 N–H and O–H groups in total. The van der Waals surface area contributed by atoms with Crippen LogP contribution in [0, 0.1) is 0 Å². The molecule has 0 unspecified atom stereocenters. The van der Waals surface area contributed by atoms with Crippen molar-refractivity contribution in [3.8, 4) is 11.4 Å². The summed E-state index contributed by atoms with van der Waals surface area (Å²) in [6.07, 6.45) is 8.35. The van der Waals surface area contributed by atoms with Gasteiger partial charge in [0.05, 0.1) is 5.52 Å². The summed E-state index contributed by atoms with van der Waals surface area (Å²) >= 11 is 0. The van der Waals surface area contributed by atoms with Crippen molar-refractivity contribution in [2.45, 2.75) is 18.9 Å². The van der Waals surface area contributed by atoms with Gasteiger partial charge < -0.3 is 4.57 Å². The van der Waals surface area contributed by atoms with Crippen molar-refractivity contribution < 1.29 is 0 Å². The number of nitrogens with zero attached hydrogens (tertiary/aromatic N) is 3. The first-order valence-electron chi connectivity index (χ1n) is 6.30. The molecule has 88 valence electrons. The molecule has 3 heteroatoms. The van der Waals surface area contributed by atoms with E-state index in [0.29, 0.717) is 6.04 Å². The Kier molecular flexibility index (Phi) is 2.00. The molecule has 3 aromatic rings. The Hall–Kier alpha value is -2.16. The molecule has 0 aliphatic heterocycles. The maximum atomic E-state index is 4.50. The van der Waals surface area contributed by atoms with Crippen LogP contribution < -0.4 is 0 Å². The molecule has 18 heavy (non-hydrogen) atoms. The van der Waals surface area contributed by atoms with Gasteiger partial charge >= 0.3 is 0 Å². The largest absolute Gasteiger partial charge is 0.328 e. The highest BCUT2D eigenvalue weighted by Gasteiger charge is 2.25. The minimum atomic E-state index is 0.659. The van der Waals surface area contributed by atoms with Gasteiger partial charge in [-0.05, 0) is 37.1 Å². The predicted molar refractivity (Wildman–Crippen MR) is 71.2 cm³/mol. The standard InChI is InChI=1S/C15H13N3/c1-2-11-10-12(3-6-14(11)16-7-1)15-17-8-9-18(15)13-4-5-13/h1-3,6-10,13H,4-5H2. The van der Waals surface area contributed by atoms with Gasteiger partial charge in [-0.25, -0.2) is 4.98 Å². The summed E-state index contributed by atoms with van der Waals surface area (Å²) in [4.78, 5) is 8.84. The summed E-state index contributed by atoms with van der Waals surface area (Å²) in [5.41, 5.74) is 2.21. The molecule has 0 amide bonds. The minimum absolute atomic E-state index is 0.659. The number of fused-ring (bicyclic) bond motifs is 1. The molecule has 1 saturated carbocycles. The van der Waals surface area contributed by atoms with Crippen LogP contribution in [0.4, 0.5) is 0 Å². The van der Waals surface area contributed by atoms with Crippen LogP contribution in [-0.4, -0.2) is 14.5 Å². The second-order valence-corrected chi connectivity index (χ2v) is 4.80. The van der Waals surface area contributed by atoms with Gasteiger partial charge in [-0.2, -0.15) is 0 Å². The lowest BCUT2D eigenvalue weighted by Gasteiger charge is -2.06. The first-order valence-corrected chi connectivity index (χ1v) is 6.30. The van der Waals surface area contributed by atoms with E-state index >= 15 is 0 Å². The van der Waals surface area contributed by atoms with Crippen LogP contribution in [-0.2, 0) is 0 Å². The van der Waals surface area contributed by atoms with Crippen molar-refractivity contribution >= 4 is 10.9 Å². The summed E-state index contributed by atoms with van der Waals surface area (Å²) in [6, 6.07) is 11.1. The summed E-state index contributed by atoms with van der Waals surface area (Å²) in [5, 5.41) is 1.17. The van der Waals surface area contributed by atoms with E-state index in [0.717, 1.165) is 11.3 Å². The van der Waals surface area contributed by atoms with E-state index in [1.165, 1.54) is 23.8 Å². The van der Waals surface area contributed by atoms with Crippen LogP contribution >= 0.6 is 0 Å². The zero-order chi connectivity index (χ0) is 11.9. The van der Waals surface area contributed by atoms with E-state index in [2.05, 4.69) is 45.0 Å². The quantitative estimate of drug-likeness (QED) is 0.681. The fraction of sp³-hybridized carbons (Fsp3) is 0.200. The number of hydrogen-bond donors (Lipinski definition) is 0. The van der Waals surface area contributed by atoms with Gasteiger partial charge in [-0.3, -0.25) is 4.98 Å². The number of aromatic nitrogens is 3. The highest BCUT2D eigenvalue weighted by Crippen LogP contribution is 2.38. The summed E-state index contributed by atoms with van der Waals surface area (Å²) in [5.74, 6) is 1.07. The van der Waals surface area contributed by atoms with Gasteiger partial charge in [0.2, 0.25) is 0 Å². The van der Waals surface area contributed by atoms with Crippen LogP contribution in [0.25, 0.3) is 22.3 Å². The topological polar surface area (TPSA) is 30.7 Å². The molecule has 1 aliphatic carbocycles. The SMILES string of the molecule is c1cnc2ccc(-c3nccn3C3CC3)cc2c1. The molecule has 2 heterocycles. The van der Waals surface area contributed by atoms with E-state index in [1.807, 2.05) is 18.5 Å². The van der Waals surface area contributed by atoms with E-state index in [1.54, 1.807) is 0 Å². The van der Waals surface area contributed by atoms with Crippen LogP contribution in [0.2, 0.25) is 0 Å². The predicted octanol–water partition coefficient (Wildman–Crippen LogP) is 3.43. The molecule has 1 aliphatic rings. The van der Waals surface area contributed by atoms with Gasteiger partial charge in [0.1, 0.15) is 5.82 Å². The molecule has 0 radical (unpaired) electrons. The molecule has 3 nitrogen and oxygen atoms in total. The normalized spacial score (nSPS) is 15.1. The van der Waals surface area contributed by atoms with Gasteiger partial charge in [-0.15, -0.1) is 0 Å². The number of pyridine rings is 1. The third kappa shape index (κ3) is 1.51. The third-order valence-corrected chi connectivity index (χ3v) is 3.47. The molecular formula is C15H13N3. The molecule has 4 rings (SSSR count). The minimum Gasteiger partial charge on any atom is -0.328 e. The maximum Gasteiger partial charge on any atom is 0.140 e. The Morgan fingerprint density at radius 2 is 2.00 bits per heavy atom. The van der Waals surface area contributed by atoms with Gasteiger partial charge in [0, 0.05) is 35.6 Å². The monoisotopic (exact) mass is 235 g/mol. The molecule has 1 fully saturated rings. The van der Waals surface area contributed by atoms with Gasteiger partial charge in [0.25, 0.3) is 0 Å². The maximum absolute atomic E-state index is 4.50. The first-order chi connectivity index (χ1) is 8.92. The van der Waals surface area contributed by atoms with Crippen molar-refractivity contribution in [2.24, 2.45) is 0 Å². The molecule has 0 bridgehead atoms. The Labute approximate surface area is 105 Å². The van der Waals surface area contributed by atoms with Gasteiger partial charge in [-0.1, -0.05) is 6.07 Å². The Morgan fingerprint density at radius 1 is 1.06 bits per heavy atom. The van der Waals surface area contributed by atoms with E-state index < -0.39 is 0 Å². The smallest absolute Gasteiger partial charge is 0.140 e. The van der Waals surface area contributed by atoms with Crippen LogP contribution in [0.3, 0.4) is 0 Å². The average molecular weight is 235 g/mol. The molecule has 2 aromatic heterocycles. The first kappa shape index (κ1) is 9.83. The van der Waals surface area contributed by atoms with Crippen molar-refractivity contribution in [1.82, 2.24) is 14.5 Å². The van der Waals surface area contributed by atoms with E-state index in [-0.39, 0.29) is 0 Å². The second kappa shape index (κ2) is 3.67. The van der Waals surface area contributed by atoms with Gasteiger partial charge in [0.15, 0.2) is 0 Å². The summed E-state index contributed by atoms with van der Waals surface area (Å²) in [6.45, 7) is 0. The van der Waals surface area contributed by atoms with Crippen LogP contribution in [0.5, 0.6) is 0 Å². The lowest BCUT2D eigenvalue weighted by molar-refractivity contribution is 0.750. The Balaban J connectivity index is 1.88. The van der Waals surface area contributed by atoms with Crippen molar-refractivity contribution in [1.29, 1.82) is 0 Å². The molecular weight excluding hydrogens is 222 g/mol. The zero-order valence-electron chi connectivity index (χ0n) is 9.95. The number of rotatable bonds is 2. The molecule has 0 atom stereocenters. The number of hydrogen-bond acceptors (Lipinski definition) is 2. The number of benzene rings is 1. The number of imidazole rings is 1. The van der Waals surface area contributed by atoms with Crippen LogP contribution in [0.1, 0.15) is 18.9 Å². The van der Waals surface area contributed by atoms with Crippen molar-refractivity contribution in [3.05, 3.63) is 48.9 Å².